The fourth-order valence-electron chi connectivity index (χ4n) is 2.23. The average molecular weight is 312 g/mol. The van der Waals surface area contributed by atoms with Crippen molar-refractivity contribution < 1.29 is 14.6 Å². The molecule has 5 nitrogen and oxygen atoms in total. The normalized spacial score (nSPS) is 11.7. The zero-order valence-electron chi connectivity index (χ0n) is 13.0. The first kappa shape index (κ1) is 16.5. The van der Waals surface area contributed by atoms with Crippen molar-refractivity contribution in [2.75, 3.05) is 0 Å². The van der Waals surface area contributed by atoms with E-state index in [-0.39, 0.29) is 5.84 Å². The van der Waals surface area contributed by atoms with Gasteiger partial charge < -0.3 is 15.6 Å². The van der Waals surface area contributed by atoms with E-state index in [1.54, 1.807) is 24.3 Å². The quantitative estimate of drug-likeness (QED) is 0.540. The van der Waals surface area contributed by atoms with Gasteiger partial charge in [0.05, 0.1) is 0 Å². The summed E-state index contributed by atoms with van der Waals surface area (Å²) in [6.07, 6.45) is 0.405. The molecule has 0 saturated heterocycles. The molecular weight excluding hydrogens is 292 g/mol. The summed E-state index contributed by atoms with van der Waals surface area (Å²) < 4.78 is 5.51. The predicted molar refractivity (Wildman–Crippen MR) is 89.9 cm³/mol. The summed E-state index contributed by atoms with van der Waals surface area (Å²) >= 11 is 0. The van der Waals surface area contributed by atoms with Gasteiger partial charge in [0.1, 0.15) is 11.6 Å². The molecule has 4 N–H and O–H groups in total. The Hall–Kier alpha value is -2.82. The number of carbonyl (C=O) groups is 1. The van der Waals surface area contributed by atoms with E-state index in [4.69, 9.17) is 21.0 Å². The average Bonchev–Trinajstić information content (AvgIpc) is 2.55. The van der Waals surface area contributed by atoms with Crippen LogP contribution < -0.4 is 10.5 Å². The van der Waals surface area contributed by atoms with E-state index < -0.39 is 12.1 Å². The summed E-state index contributed by atoms with van der Waals surface area (Å²) in [4.78, 5) is 11.1. The van der Waals surface area contributed by atoms with E-state index in [1.807, 2.05) is 31.2 Å². The number of nitrogen functional groups attached to an aromatic ring is 1. The Kier molecular flexibility index (Phi) is 5.36. The summed E-state index contributed by atoms with van der Waals surface area (Å²) in [6.45, 7) is 1.92. The van der Waals surface area contributed by atoms with Crippen LogP contribution in [0, 0.1) is 5.41 Å². The number of nitrogens with two attached hydrogens (primary N) is 1. The standard InChI is InChI=1S/C18H20N2O3/c1-2-3-16(18(21)22)23-15-10-8-13(9-11-15)12-4-6-14(7-5-12)17(19)20/h4-11,16H,2-3H2,1H3,(H3,19,20)(H,21,22). The number of carboxylic acids is 1. The van der Waals surface area contributed by atoms with Crippen LogP contribution in [-0.4, -0.2) is 23.0 Å². The van der Waals surface area contributed by atoms with E-state index in [1.165, 1.54) is 0 Å². The summed E-state index contributed by atoms with van der Waals surface area (Å²) in [7, 11) is 0. The van der Waals surface area contributed by atoms with Crippen LogP contribution in [0.2, 0.25) is 0 Å². The zero-order valence-corrected chi connectivity index (χ0v) is 13.0. The Bertz CT molecular complexity index is 678. The highest BCUT2D eigenvalue weighted by Gasteiger charge is 2.17. The van der Waals surface area contributed by atoms with E-state index >= 15 is 0 Å². The van der Waals surface area contributed by atoms with Crippen LogP contribution in [-0.2, 0) is 4.79 Å². The monoisotopic (exact) mass is 312 g/mol. The van der Waals surface area contributed by atoms with Crippen molar-refractivity contribution in [3.05, 3.63) is 54.1 Å². The Morgan fingerprint density at radius 1 is 1.13 bits per heavy atom. The van der Waals surface area contributed by atoms with Gasteiger partial charge in [-0.2, -0.15) is 0 Å². The van der Waals surface area contributed by atoms with Crippen LogP contribution in [0.4, 0.5) is 0 Å². The molecule has 23 heavy (non-hydrogen) atoms. The van der Waals surface area contributed by atoms with Gasteiger partial charge in [0.15, 0.2) is 6.10 Å². The van der Waals surface area contributed by atoms with Crippen LogP contribution in [0.3, 0.4) is 0 Å². The highest BCUT2D eigenvalue weighted by molar-refractivity contribution is 5.95. The smallest absolute Gasteiger partial charge is 0.344 e. The molecule has 0 aliphatic carbocycles. The Morgan fingerprint density at radius 2 is 1.65 bits per heavy atom. The maximum absolute atomic E-state index is 11.1. The first-order chi connectivity index (χ1) is 11.0. The summed E-state index contributed by atoms with van der Waals surface area (Å²) in [5.74, 6) is -0.373. The van der Waals surface area contributed by atoms with Crippen LogP contribution in [0.5, 0.6) is 5.75 Å². The SMILES string of the molecule is CCCC(Oc1ccc(-c2ccc(C(=N)N)cc2)cc1)C(=O)O. The number of rotatable bonds is 7. The molecule has 5 heteroatoms. The first-order valence-corrected chi connectivity index (χ1v) is 7.45. The lowest BCUT2D eigenvalue weighted by atomic mass is 10.0. The predicted octanol–water partition coefficient (Wildman–Crippen LogP) is 3.27. The number of amidine groups is 1. The molecule has 0 spiro atoms. The van der Waals surface area contributed by atoms with Gasteiger partial charge in [-0.3, -0.25) is 5.41 Å². The van der Waals surface area contributed by atoms with E-state index in [0.717, 1.165) is 17.5 Å². The molecule has 2 rings (SSSR count). The second-order valence-corrected chi connectivity index (χ2v) is 5.25. The molecule has 0 aromatic heterocycles. The highest BCUT2D eigenvalue weighted by atomic mass is 16.5. The lowest BCUT2D eigenvalue weighted by molar-refractivity contribution is -0.145. The lowest BCUT2D eigenvalue weighted by Crippen LogP contribution is -2.26. The topological polar surface area (TPSA) is 96.4 Å². The molecule has 0 aliphatic rings. The largest absolute Gasteiger partial charge is 0.479 e. The number of ether oxygens (including phenoxy) is 1. The molecule has 0 amide bonds. The maximum atomic E-state index is 11.1. The minimum Gasteiger partial charge on any atom is -0.479 e. The molecule has 2 aromatic carbocycles. The molecular formula is C18H20N2O3. The minimum absolute atomic E-state index is 0.0379. The van der Waals surface area contributed by atoms with Gasteiger partial charge in [-0.1, -0.05) is 49.7 Å². The van der Waals surface area contributed by atoms with Crippen molar-refractivity contribution >= 4 is 11.8 Å². The van der Waals surface area contributed by atoms with E-state index in [0.29, 0.717) is 17.7 Å². The van der Waals surface area contributed by atoms with Gasteiger partial charge in [0.25, 0.3) is 0 Å². The Morgan fingerprint density at radius 3 is 2.09 bits per heavy atom. The Labute approximate surface area is 135 Å². The van der Waals surface area contributed by atoms with Gasteiger partial charge in [-0.25, -0.2) is 4.79 Å². The highest BCUT2D eigenvalue weighted by Crippen LogP contribution is 2.23. The van der Waals surface area contributed by atoms with Crippen LogP contribution in [0.15, 0.2) is 48.5 Å². The summed E-state index contributed by atoms with van der Waals surface area (Å²) in [5.41, 5.74) is 8.09. The molecule has 0 saturated carbocycles. The lowest BCUT2D eigenvalue weighted by Gasteiger charge is -2.14. The van der Waals surface area contributed by atoms with Gasteiger partial charge in [0, 0.05) is 5.56 Å². The third-order valence-electron chi connectivity index (χ3n) is 3.49. The molecule has 0 fully saturated rings. The molecule has 0 radical (unpaired) electrons. The second-order valence-electron chi connectivity index (χ2n) is 5.25. The molecule has 0 aliphatic heterocycles. The van der Waals surface area contributed by atoms with Crippen LogP contribution in [0.25, 0.3) is 11.1 Å². The summed E-state index contributed by atoms with van der Waals surface area (Å²) in [5, 5.41) is 16.5. The molecule has 0 bridgehead atoms. The molecule has 1 atom stereocenters. The number of carboxylic acid groups (broad SMARTS) is 1. The van der Waals surface area contributed by atoms with Crippen molar-refractivity contribution in [1.29, 1.82) is 5.41 Å². The van der Waals surface area contributed by atoms with Gasteiger partial charge >= 0.3 is 5.97 Å². The fraction of sp³-hybridized carbons (Fsp3) is 0.222. The molecule has 0 heterocycles. The van der Waals surface area contributed by atoms with Crippen molar-refractivity contribution in [2.45, 2.75) is 25.9 Å². The van der Waals surface area contributed by atoms with Crippen molar-refractivity contribution in [3.63, 3.8) is 0 Å². The van der Waals surface area contributed by atoms with Gasteiger partial charge in [0.2, 0.25) is 0 Å². The molecule has 2 aromatic rings. The maximum Gasteiger partial charge on any atom is 0.344 e. The number of nitrogens with one attached hydrogen (secondary N) is 1. The van der Waals surface area contributed by atoms with Crippen molar-refractivity contribution in [3.8, 4) is 16.9 Å². The van der Waals surface area contributed by atoms with Gasteiger partial charge in [-0.05, 0) is 29.7 Å². The van der Waals surface area contributed by atoms with Crippen molar-refractivity contribution in [2.24, 2.45) is 5.73 Å². The fourth-order valence-corrected chi connectivity index (χ4v) is 2.23. The van der Waals surface area contributed by atoms with E-state index in [9.17, 15) is 4.79 Å². The first-order valence-electron chi connectivity index (χ1n) is 7.45. The molecule has 120 valence electrons. The number of benzene rings is 2. The van der Waals surface area contributed by atoms with Crippen LogP contribution >= 0.6 is 0 Å². The second kappa shape index (κ2) is 7.45. The molecule has 1 unspecified atom stereocenters. The number of aliphatic carboxylic acids is 1. The van der Waals surface area contributed by atoms with Crippen LogP contribution in [0.1, 0.15) is 25.3 Å². The zero-order chi connectivity index (χ0) is 16.8. The summed E-state index contributed by atoms with van der Waals surface area (Å²) in [6, 6.07) is 14.7. The Balaban J connectivity index is 2.12. The van der Waals surface area contributed by atoms with Gasteiger partial charge in [-0.15, -0.1) is 0 Å². The third-order valence-corrected chi connectivity index (χ3v) is 3.49. The minimum atomic E-state index is -0.948. The van der Waals surface area contributed by atoms with Crippen molar-refractivity contribution in [1.82, 2.24) is 0 Å². The number of hydrogen-bond acceptors (Lipinski definition) is 3. The third kappa shape index (κ3) is 4.32. The number of hydrogen-bond donors (Lipinski definition) is 3. The van der Waals surface area contributed by atoms with E-state index in [2.05, 4.69) is 0 Å².